The van der Waals surface area contributed by atoms with Crippen molar-refractivity contribution in [3.8, 4) is 5.75 Å². The highest BCUT2D eigenvalue weighted by atomic mass is 16.6. The fraction of sp³-hybridized carbons (Fsp3) is 0. The summed E-state index contributed by atoms with van der Waals surface area (Å²) in [6, 6.07) is 8.73. The third-order valence-corrected chi connectivity index (χ3v) is 2.78. The predicted octanol–water partition coefficient (Wildman–Crippen LogP) is 2.46. The molecule has 0 spiro atoms. The van der Waals surface area contributed by atoms with Crippen LogP contribution in [-0.2, 0) is 0 Å². The van der Waals surface area contributed by atoms with Gasteiger partial charge in [-0.3, -0.25) is 25.0 Å². The van der Waals surface area contributed by atoms with Crippen LogP contribution in [0.15, 0.2) is 42.5 Å². The number of para-hydroxylation sites is 1. The minimum Gasteiger partial charge on any atom is -0.507 e. The van der Waals surface area contributed by atoms with Gasteiger partial charge in [0.05, 0.1) is 15.4 Å². The highest BCUT2D eigenvalue weighted by Gasteiger charge is 2.24. The lowest BCUT2D eigenvalue weighted by Crippen LogP contribution is -2.12. The van der Waals surface area contributed by atoms with E-state index in [1.54, 1.807) is 0 Å². The minimum absolute atomic E-state index is 0.00514. The van der Waals surface area contributed by atoms with Gasteiger partial charge in [0, 0.05) is 17.8 Å². The van der Waals surface area contributed by atoms with E-state index in [9.17, 15) is 30.1 Å². The number of nitrogens with zero attached hydrogens (tertiary/aromatic N) is 2. The van der Waals surface area contributed by atoms with Crippen LogP contribution in [0, 0.1) is 20.2 Å². The SMILES string of the molecule is O=C(Nc1ccc([N+](=O)[O-])c([N+](=O)[O-])c1)c1ccccc1O. The lowest BCUT2D eigenvalue weighted by Gasteiger charge is -2.06. The van der Waals surface area contributed by atoms with Crippen molar-refractivity contribution in [2.45, 2.75) is 0 Å². The average Bonchev–Trinajstić information content (AvgIpc) is 2.47. The van der Waals surface area contributed by atoms with Gasteiger partial charge >= 0.3 is 11.4 Å². The van der Waals surface area contributed by atoms with Gasteiger partial charge in [-0.05, 0) is 18.2 Å². The van der Waals surface area contributed by atoms with Crippen molar-refractivity contribution in [1.82, 2.24) is 0 Å². The Morgan fingerprint density at radius 2 is 1.64 bits per heavy atom. The fourth-order valence-electron chi connectivity index (χ4n) is 1.77. The van der Waals surface area contributed by atoms with Crippen LogP contribution < -0.4 is 5.32 Å². The smallest absolute Gasteiger partial charge is 0.348 e. The number of aromatic hydroxyl groups is 1. The summed E-state index contributed by atoms with van der Waals surface area (Å²) < 4.78 is 0. The molecule has 1 amide bonds. The van der Waals surface area contributed by atoms with Crippen LogP contribution in [-0.4, -0.2) is 20.9 Å². The largest absolute Gasteiger partial charge is 0.507 e. The number of anilines is 1. The molecule has 0 saturated heterocycles. The molecule has 0 aromatic heterocycles. The molecule has 0 aliphatic carbocycles. The number of rotatable bonds is 4. The van der Waals surface area contributed by atoms with E-state index in [0.29, 0.717) is 0 Å². The molecule has 9 nitrogen and oxygen atoms in total. The predicted molar refractivity (Wildman–Crippen MR) is 75.8 cm³/mol. The summed E-state index contributed by atoms with van der Waals surface area (Å²) in [6.07, 6.45) is 0. The normalized spacial score (nSPS) is 10.0. The van der Waals surface area contributed by atoms with Crippen molar-refractivity contribution < 1.29 is 19.7 Å². The second-order valence-electron chi connectivity index (χ2n) is 4.19. The number of hydrogen-bond donors (Lipinski definition) is 2. The highest BCUT2D eigenvalue weighted by molar-refractivity contribution is 6.06. The van der Waals surface area contributed by atoms with Gasteiger partial charge in [-0.2, -0.15) is 0 Å². The standard InChI is InChI=1S/C13H9N3O6/c17-12-4-2-1-3-9(12)13(18)14-8-5-6-10(15(19)20)11(7-8)16(21)22/h1-7,17H,(H,14,18). The first-order valence-corrected chi connectivity index (χ1v) is 5.92. The monoisotopic (exact) mass is 303 g/mol. The van der Waals surface area contributed by atoms with Gasteiger partial charge in [-0.25, -0.2) is 0 Å². The zero-order valence-electron chi connectivity index (χ0n) is 10.9. The lowest BCUT2D eigenvalue weighted by atomic mass is 10.1. The number of amides is 1. The van der Waals surface area contributed by atoms with Crippen LogP contribution in [0.2, 0.25) is 0 Å². The molecule has 0 atom stereocenters. The minimum atomic E-state index is -0.909. The molecule has 0 aliphatic rings. The maximum Gasteiger partial charge on any atom is 0.348 e. The van der Waals surface area contributed by atoms with Crippen molar-refractivity contribution in [3.63, 3.8) is 0 Å². The molecule has 0 unspecified atom stereocenters. The number of benzene rings is 2. The summed E-state index contributed by atoms with van der Waals surface area (Å²) in [6.45, 7) is 0. The highest BCUT2D eigenvalue weighted by Crippen LogP contribution is 2.30. The van der Waals surface area contributed by atoms with Crippen molar-refractivity contribution >= 4 is 23.0 Å². The maximum absolute atomic E-state index is 12.0. The molecule has 0 saturated carbocycles. The van der Waals surface area contributed by atoms with E-state index < -0.39 is 27.1 Å². The molecule has 9 heteroatoms. The Balaban J connectivity index is 2.33. The molecule has 2 aromatic rings. The first-order chi connectivity index (χ1) is 10.4. The number of nitrogens with one attached hydrogen (secondary N) is 1. The van der Waals surface area contributed by atoms with E-state index >= 15 is 0 Å². The number of nitro groups is 2. The first-order valence-electron chi connectivity index (χ1n) is 5.92. The number of phenols is 1. The Labute approximate surface area is 123 Å². The Bertz CT molecular complexity index is 774. The van der Waals surface area contributed by atoms with Crippen molar-refractivity contribution in [1.29, 1.82) is 0 Å². The van der Waals surface area contributed by atoms with E-state index in [1.165, 1.54) is 30.3 Å². The summed E-state index contributed by atoms with van der Waals surface area (Å²) in [4.78, 5) is 31.7. The topological polar surface area (TPSA) is 136 Å². The van der Waals surface area contributed by atoms with Crippen molar-refractivity contribution in [2.24, 2.45) is 0 Å². The third-order valence-electron chi connectivity index (χ3n) is 2.78. The van der Waals surface area contributed by atoms with Gasteiger partial charge in [-0.1, -0.05) is 12.1 Å². The number of nitro benzene ring substituents is 2. The van der Waals surface area contributed by atoms with E-state index in [4.69, 9.17) is 0 Å². The van der Waals surface area contributed by atoms with Gasteiger partial charge in [0.1, 0.15) is 5.75 Å². The van der Waals surface area contributed by atoms with E-state index in [0.717, 1.165) is 12.1 Å². The lowest BCUT2D eigenvalue weighted by molar-refractivity contribution is -0.422. The Hall–Kier alpha value is -3.49. The number of hydrogen-bond acceptors (Lipinski definition) is 6. The fourth-order valence-corrected chi connectivity index (χ4v) is 1.77. The summed E-state index contributed by atoms with van der Waals surface area (Å²) in [5, 5.41) is 33.4. The van der Waals surface area contributed by atoms with Gasteiger partial charge in [0.2, 0.25) is 0 Å². The van der Waals surface area contributed by atoms with Crippen LogP contribution in [0.25, 0.3) is 0 Å². The molecule has 2 aromatic carbocycles. The maximum atomic E-state index is 12.0. The van der Waals surface area contributed by atoms with Crippen molar-refractivity contribution in [2.75, 3.05) is 5.32 Å². The summed E-state index contributed by atoms with van der Waals surface area (Å²) in [5.41, 5.74) is -1.43. The van der Waals surface area contributed by atoms with Crippen LogP contribution in [0.3, 0.4) is 0 Å². The molecule has 2 N–H and O–H groups in total. The average molecular weight is 303 g/mol. The molecule has 0 heterocycles. The molecule has 22 heavy (non-hydrogen) atoms. The number of carbonyl (C=O) groups is 1. The van der Waals surface area contributed by atoms with Gasteiger partial charge < -0.3 is 10.4 Å². The summed E-state index contributed by atoms with van der Waals surface area (Å²) in [5.74, 6) is -0.947. The van der Waals surface area contributed by atoms with Crippen LogP contribution >= 0.6 is 0 Å². The zero-order chi connectivity index (χ0) is 16.3. The van der Waals surface area contributed by atoms with Crippen LogP contribution in [0.4, 0.5) is 17.1 Å². The second kappa shape index (κ2) is 5.87. The van der Waals surface area contributed by atoms with Gasteiger partial charge in [0.25, 0.3) is 5.91 Å². The van der Waals surface area contributed by atoms with Gasteiger partial charge in [0.15, 0.2) is 0 Å². The Morgan fingerprint density at radius 1 is 1.00 bits per heavy atom. The van der Waals surface area contributed by atoms with E-state index in [-0.39, 0.29) is 17.0 Å². The quantitative estimate of drug-likeness (QED) is 0.657. The molecule has 112 valence electrons. The zero-order valence-corrected chi connectivity index (χ0v) is 10.9. The van der Waals surface area contributed by atoms with E-state index in [1.807, 2.05) is 0 Å². The number of carbonyl (C=O) groups excluding carboxylic acids is 1. The molecule has 0 radical (unpaired) electrons. The third kappa shape index (κ3) is 2.98. The summed E-state index contributed by atoms with van der Waals surface area (Å²) >= 11 is 0. The molecule has 0 bridgehead atoms. The molecular weight excluding hydrogens is 294 g/mol. The summed E-state index contributed by atoms with van der Waals surface area (Å²) in [7, 11) is 0. The van der Waals surface area contributed by atoms with Crippen LogP contribution in [0.1, 0.15) is 10.4 Å². The van der Waals surface area contributed by atoms with E-state index in [2.05, 4.69) is 5.32 Å². The van der Waals surface area contributed by atoms with Gasteiger partial charge in [-0.15, -0.1) is 0 Å². The van der Waals surface area contributed by atoms with Crippen LogP contribution in [0.5, 0.6) is 5.75 Å². The first kappa shape index (κ1) is 14.9. The Kier molecular flexibility index (Phi) is 3.98. The van der Waals surface area contributed by atoms with Crippen molar-refractivity contribution in [3.05, 3.63) is 68.3 Å². The second-order valence-corrected chi connectivity index (χ2v) is 4.19. The molecule has 0 fully saturated rings. The Morgan fingerprint density at radius 3 is 2.23 bits per heavy atom. The number of phenolic OH excluding ortho intramolecular Hbond substituents is 1. The molecule has 2 rings (SSSR count). The molecular formula is C13H9N3O6. The molecule has 0 aliphatic heterocycles.